The lowest BCUT2D eigenvalue weighted by Gasteiger charge is -2.23. The lowest BCUT2D eigenvalue weighted by Crippen LogP contribution is -2.40. The van der Waals surface area contributed by atoms with Crippen molar-refractivity contribution in [1.82, 2.24) is 5.32 Å². The molecule has 0 aromatic heterocycles. The monoisotopic (exact) mass is 472 g/mol. The van der Waals surface area contributed by atoms with Crippen molar-refractivity contribution in [3.8, 4) is 11.1 Å². The molecule has 0 radical (unpaired) electrons. The van der Waals surface area contributed by atoms with Gasteiger partial charge in [-0.15, -0.1) is 0 Å². The number of rotatable bonds is 8. The first-order valence-corrected chi connectivity index (χ1v) is 11.6. The first kappa shape index (κ1) is 24.0. The van der Waals surface area contributed by atoms with E-state index >= 15 is 0 Å². The van der Waals surface area contributed by atoms with Crippen molar-refractivity contribution in [2.24, 2.45) is 0 Å². The SMILES string of the molecule is CC[C@H](CC(=O)N(C)c1ccccc1C(=O)O)NC(=O)OCC1c2ccccc2-c2ccccc21. The van der Waals surface area contributed by atoms with E-state index < -0.39 is 18.1 Å². The number of carboxylic acid groups (broad SMARTS) is 1. The fraction of sp³-hybridized carbons (Fsp3) is 0.250. The first-order valence-electron chi connectivity index (χ1n) is 11.6. The number of aromatic carboxylic acids is 1. The van der Waals surface area contributed by atoms with E-state index in [9.17, 15) is 19.5 Å². The molecule has 0 unspecified atom stereocenters. The Balaban J connectivity index is 1.37. The second-order valence-corrected chi connectivity index (χ2v) is 8.55. The Morgan fingerprint density at radius 2 is 1.51 bits per heavy atom. The Labute approximate surface area is 204 Å². The third-order valence-electron chi connectivity index (χ3n) is 6.45. The maximum absolute atomic E-state index is 12.9. The maximum atomic E-state index is 12.9. The molecular formula is C28H28N2O5. The number of benzene rings is 3. The van der Waals surface area contributed by atoms with E-state index in [1.807, 2.05) is 31.2 Å². The van der Waals surface area contributed by atoms with Crippen LogP contribution in [0.2, 0.25) is 0 Å². The molecule has 0 bridgehead atoms. The average molecular weight is 473 g/mol. The van der Waals surface area contributed by atoms with Crippen LogP contribution in [-0.2, 0) is 9.53 Å². The molecule has 0 spiro atoms. The number of anilines is 1. The Morgan fingerprint density at radius 3 is 2.11 bits per heavy atom. The normalized spacial score (nSPS) is 12.9. The van der Waals surface area contributed by atoms with Crippen LogP contribution in [0, 0.1) is 0 Å². The number of para-hydroxylation sites is 1. The predicted molar refractivity (Wildman–Crippen MR) is 134 cm³/mol. The molecule has 7 nitrogen and oxygen atoms in total. The van der Waals surface area contributed by atoms with Gasteiger partial charge in [0.25, 0.3) is 0 Å². The Hall–Kier alpha value is -4.13. The van der Waals surface area contributed by atoms with Gasteiger partial charge in [0, 0.05) is 25.4 Å². The minimum atomic E-state index is -1.11. The standard InChI is InChI=1S/C28H28N2O5/c1-3-18(16-26(31)30(2)25-15-9-8-14-23(25)27(32)33)29-28(34)35-17-24-21-12-6-4-10-19(21)20-11-5-7-13-22(20)24/h4-15,18,24H,3,16-17H2,1-2H3,(H,29,34)(H,32,33)/t18-/m1/s1. The minimum Gasteiger partial charge on any atom is -0.478 e. The highest BCUT2D eigenvalue weighted by Crippen LogP contribution is 2.44. The van der Waals surface area contributed by atoms with Gasteiger partial charge in [-0.2, -0.15) is 0 Å². The van der Waals surface area contributed by atoms with Gasteiger partial charge in [-0.25, -0.2) is 9.59 Å². The summed E-state index contributed by atoms with van der Waals surface area (Å²) in [6.07, 6.45) is -0.0460. The van der Waals surface area contributed by atoms with Crippen molar-refractivity contribution in [2.45, 2.75) is 31.7 Å². The Kier molecular flexibility index (Phi) is 7.15. The smallest absolute Gasteiger partial charge is 0.407 e. The van der Waals surface area contributed by atoms with Crippen molar-refractivity contribution >= 4 is 23.7 Å². The molecule has 0 fully saturated rings. The molecule has 3 aromatic rings. The van der Waals surface area contributed by atoms with E-state index in [0.29, 0.717) is 12.1 Å². The zero-order valence-electron chi connectivity index (χ0n) is 19.7. The molecule has 3 aromatic carbocycles. The molecule has 1 atom stereocenters. The summed E-state index contributed by atoms with van der Waals surface area (Å²) in [5.74, 6) is -1.46. The molecule has 7 heteroatoms. The number of hydrogen-bond donors (Lipinski definition) is 2. The molecule has 2 N–H and O–H groups in total. The lowest BCUT2D eigenvalue weighted by molar-refractivity contribution is -0.118. The van der Waals surface area contributed by atoms with Gasteiger partial charge < -0.3 is 20.1 Å². The van der Waals surface area contributed by atoms with Crippen LogP contribution < -0.4 is 10.2 Å². The predicted octanol–water partition coefficient (Wildman–Crippen LogP) is 5.06. The molecule has 35 heavy (non-hydrogen) atoms. The van der Waals surface area contributed by atoms with Gasteiger partial charge in [-0.05, 0) is 40.8 Å². The number of nitrogens with zero attached hydrogens (tertiary/aromatic N) is 1. The van der Waals surface area contributed by atoms with E-state index in [2.05, 4.69) is 29.6 Å². The van der Waals surface area contributed by atoms with E-state index in [-0.39, 0.29) is 30.4 Å². The summed E-state index contributed by atoms with van der Waals surface area (Å²) >= 11 is 0. The van der Waals surface area contributed by atoms with Crippen LogP contribution in [-0.4, -0.2) is 42.8 Å². The first-order chi connectivity index (χ1) is 16.9. The average Bonchev–Trinajstić information content (AvgIpc) is 3.20. The second kappa shape index (κ2) is 10.4. The number of fused-ring (bicyclic) bond motifs is 3. The third-order valence-corrected chi connectivity index (χ3v) is 6.45. The van der Waals surface area contributed by atoms with Crippen LogP contribution in [0.4, 0.5) is 10.5 Å². The third kappa shape index (κ3) is 5.04. The van der Waals surface area contributed by atoms with Gasteiger partial charge in [0.2, 0.25) is 5.91 Å². The van der Waals surface area contributed by atoms with Crippen LogP contribution in [0.3, 0.4) is 0 Å². The van der Waals surface area contributed by atoms with Crippen molar-refractivity contribution in [3.63, 3.8) is 0 Å². The molecule has 1 aliphatic rings. The Bertz CT molecular complexity index is 1210. The van der Waals surface area contributed by atoms with Crippen LogP contribution in [0.1, 0.15) is 47.2 Å². The van der Waals surface area contributed by atoms with Crippen molar-refractivity contribution < 1.29 is 24.2 Å². The summed E-state index contributed by atoms with van der Waals surface area (Å²) in [4.78, 5) is 38.3. The number of carbonyl (C=O) groups excluding carboxylic acids is 2. The highest BCUT2D eigenvalue weighted by Gasteiger charge is 2.29. The highest BCUT2D eigenvalue weighted by molar-refractivity contribution is 6.01. The number of nitrogens with one attached hydrogen (secondary N) is 1. The fourth-order valence-electron chi connectivity index (χ4n) is 4.53. The molecule has 0 saturated carbocycles. The largest absolute Gasteiger partial charge is 0.478 e. The zero-order chi connectivity index (χ0) is 24.9. The van der Waals surface area contributed by atoms with Gasteiger partial charge in [-0.3, -0.25) is 4.79 Å². The summed E-state index contributed by atoms with van der Waals surface area (Å²) in [6, 6.07) is 22.1. The van der Waals surface area contributed by atoms with Gasteiger partial charge in [0.1, 0.15) is 6.61 Å². The van der Waals surface area contributed by atoms with Crippen molar-refractivity contribution in [2.75, 3.05) is 18.6 Å². The second-order valence-electron chi connectivity index (χ2n) is 8.55. The molecule has 0 aliphatic heterocycles. The maximum Gasteiger partial charge on any atom is 0.407 e. The number of hydrogen-bond acceptors (Lipinski definition) is 4. The summed E-state index contributed by atoms with van der Waals surface area (Å²) < 4.78 is 5.60. The van der Waals surface area contributed by atoms with Crippen molar-refractivity contribution in [1.29, 1.82) is 0 Å². The highest BCUT2D eigenvalue weighted by atomic mass is 16.5. The van der Waals surface area contributed by atoms with E-state index in [1.165, 1.54) is 18.0 Å². The summed E-state index contributed by atoms with van der Waals surface area (Å²) in [5, 5.41) is 12.2. The zero-order valence-corrected chi connectivity index (χ0v) is 19.7. The lowest BCUT2D eigenvalue weighted by atomic mass is 9.98. The van der Waals surface area contributed by atoms with Gasteiger partial charge >= 0.3 is 12.1 Å². The van der Waals surface area contributed by atoms with E-state index in [4.69, 9.17) is 4.74 Å². The van der Waals surface area contributed by atoms with Crippen LogP contribution in [0.25, 0.3) is 11.1 Å². The molecule has 0 saturated heterocycles. The summed E-state index contributed by atoms with van der Waals surface area (Å²) in [5.41, 5.74) is 4.91. The van der Waals surface area contributed by atoms with Gasteiger partial charge in [0.05, 0.1) is 11.3 Å². The summed E-state index contributed by atoms with van der Waals surface area (Å²) in [7, 11) is 1.53. The topological polar surface area (TPSA) is 95.9 Å². The molecule has 180 valence electrons. The molecular weight excluding hydrogens is 444 g/mol. The van der Waals surface area contributed by atoms with Gasteiger partial charge in [-0.1, -0.05) is 67.6 Å². The number of alkyl carbamates (subject to hydrolysis) is 1. The molecule has 0 heterocycles. The molecule has 1 aliphatic carbocycles. The van der Waals surface area contributed by atoms with E-state index in [1.54, 1.807) is 18.2 Å². The quantitative estimate of drug-likeness (QED) is 0.478. The number of amides is 2. The van der Waals surface area contributed by atoms with Crippen LogP contribution in [0.5, 0.6) is 0 Å². The number of ether oxygens (including phenoxy) is 1. The fourth-order valence-corrected chi connectivity index (χ4v) is 4.53. The Morgan fingerprint density at radius 1 is 0.943 bits per heavy atom. The number of carboxylic acids is 1. The molecule has 2 amide bonds. The minimum absolute atomic E-state index is 0.0190. The summed E-state index contributed by atoms with van der Waals surface area (Å²) in [6.45, 7) is 2.06. The van der Waals surface area contributed by atoms with Crippen LogP contribution in [0.15, 0.2) is 72.8 Å². The number of carbonyl (C=O) groups is 3. The molecule has 4 rings (SSSR count). The van der Waals surface area contributed by atoms with Crippen molar-refractivity contribution in [3.05, 3.63) is 89.5 Å². The van der Waals surface area contributed by atoms with E-state index in [0.717, 1.165) is 22.3 Å². The van der Waals surface area contributed by atoms with Gasteiger partial charge in [0.15, 0.2) is 0 Å². The van der Waals surface area contributed by atoms with Crippen LogP contribution >= 0.6 is 0 Å².